The minimum absolute atomic E-state index is 0. The van der Waals surface area contributed by atoms with Crippen molar-refractivity contribution in [1.82, 2.24) is 0 Å². The number of hydrogen-bond acceptors (Lipinski definition) is 0. The fraction of sp³-hybridized carbons (Fsp3) is 0.318. The molecule has 6 aromatic rings. The summed E-state index contributed by atoms with van der Waals surface area (Å²) in [6, 6.07) is 31.7. The van der Waals surface area contributed by atoms with Crippen molar-refractivity contribution in [2.75, 3.05) is 0 Å². The van der Waals surface area contributed by atoms with Crippen LogP contribution >= 0.6 is 0 Å². The molecule has 0 aromatic heterocycles. The zero-order valence-electron chi connectivity index (χ0n) is 30.2. The zero-order chi connectivity index (χ0) is 33.0. The molecule has 0 heterocycles. The maximum absolute atomic E-state index is 2.37. The Labute approximate surface area is 301 Å². The fourth-order valence-electron chi connectivity index (χ4n) is 6.15. The molecule has 2 radical (unpaired) electrons. The summed E-state index contributed by atoms with van der Waals surface area (Å²) in [5.41, 5.74) is 16.7. The molecule has 0 atom stereocenters. The van der Waals surface area contributed by atoms with Crippen LogP contribution in [-0.4, -0.2) is 9.52 Å². The van der Waals surface area contributed by atoms with Gasteiger partial charge in [-0.25, -0.2) is 0 Å². The van der Waals surface area contributed by atoms with Crippen LogP contribution in [0, 0.1) is 41.5 Å². The van der Waals surface area contributed by atoms with Gasteiger partial charge in [-0.05, 0) is 97.9 Å². The van der Waals surface area contributed by atoms with E-state index in [4.69, 9.17) is 0 Å². The van der Waals surface area contributed by atoms with Crippen molar-refractivity contribution in [2.45, 2.75) is 94.2 Å². The maximum atomic E-state index is 2.37. The Hall–Kier alpha value is -2.81. The monoisotopic (exact) mass is 788 g/mol. The Morgan fingerprint density at radius 1 is 0.478 bits per heavy atom. The van der Waals surface area contributed by atoms with Crippen LogP contribution in [0.1, 0.15) is 84.0 Å². The van der Waals surface area contributed by atoms with Gasteiger partial charge in [-0.2, -0.15) is 12.1 Å². The number of benzene rings is 4. The Morgan fingerprint density at radius 2 is 0.826 bits per heavy atom. The van der Waals surface area contributed by atoms with Gasteiger partial charge in [0.1, 0.15) is 0 Å². The molecule has 0 aliphatic carbocycles. The van der Waals surface area contributed by atoms with Crippen molar-refractivity contribution < 1.29 is 25.8 Å². The van der Waals surface area contributed by atoms with E-state index in [1.807, 2.05) is 0 Å². The van der Waals surface area contributed by atoms with Crippen molar-refractivity contribution in [3.63, 3.8) is 0 Å². The van der Waals surface area contributed by atoms with Crippen LogP contribution in [0.15, 0.2) is 84.9 Å². The second-order valence-corrected chi connectivity index (χ2v) is 14.4. The van der Waals surface area contributed by atoms with E-state index in [1.54, 1.807) is 0 Å². The number of hydrogen-bond donors (Lipinski definition) is 0. The van der Waals surface area contributed by atoms with Crippen LogP contribution in [0.5, 0.6) is 0 Å². The normalized spacial score (nSPS) is 10.9. The molecule has 0 nitrogen and oxygen atoms in total. The molecular weight excluding hydrogens is 735 g/mol. The molecular formula is C44H52HfSi-2. The van der Waals surface area contributed by atoms with Crippen LogP contribution in [0.2, 0.25) is 13.1 Å². The second-order valence-electron chi connectivity index (χ2n) is 13.4. The number of fused-ring (bicyclic) bond motifs is 2. The molecule has 0 bridgehead atoms. The van der Waals surface area contributed by atoms with Crippen molar-refractivity contribution in [2.24, 2.45) is 0 Å². The third-order valence-electron chi connectivity index (χ3n) is 9.58. The summed E-state index contributed by atoms with van der Waals surface area (Å²) < 4.78 is 0. The smallest absolute Gasteiger partial charge is 0.0307 e. The van der Waals surface area contributed by atoms with E-state index < -0.39 is 0 Å². The summed E-state index contributed by atoms with van der Waals surface area (Å²) in [5, 5.41) is 5.47. The summed E-state index contributed by atoms with van der Waals surface area (Å²) in [4.78, 5) is 0. The van der Waals surface area contributed by atoms with E-state index >= 15 is 0 Å². The maximum Gasteiger partial charge on any atom is 0.0307 e. The Kier molecular flexibility index (Phi) is 13.4. The van der Waals surface area contributed by atoms with Gasteiger partial charge >= 0.3 is 0 Å². The number of aryl methyl sites for hydroxylation is 2. The van der Waals surface area contributed by atoms with Crippen LogP contribution in [-0.2, 0) is 25.8 Å². The quantitative estimate of drug-likeness (QED) is 0.123. The van der Waals surface area contributed by atoms with E-state index in [-0.39, 0.29) is 25.8 Å². The molecule has 0 aliphatic rings. The molecule has 0 amide bonds. The standard InChI is InChI=1S/2C21H23.C2H6Si.Hf/c2*1-13(2)18-11-17-7-6-8-20(21(17)12-18)19-10-9-14(3)15(4)16(19)5;1-3-2;/h2*6-13H,1-5H3;1-2H3;/q2*-1;;. The number of rotatable bonds is 4. The third-order valence-corrected chi connectivity index (χ3v) is 9.58. The third kappa shape index (κ3) is 8.00. The van der Waals surface area contributed by atoms with Crippen LogP contribution < -0.4 is 0 Å². The van der Waals surface area contributed by atoms with Crippen molar-refractivity contribution in [3.05, 3.63) is 129 Å². The van der Waals surface area contributed by atoms with Crippen molar-refractivity contribution in [1.29, 1.82) is 0 Å². The molecule has 0 saturated carbocycles. The van der Waals surface area contributed by atoms with Gasteiger partial charge in [-0.3, -0.25) is 0 Å². The molecule has 46 heavy (non-hydrogen) atoms. The van der Waals surface area contributed by atoms with Crippen LogP contribution in [0.25, 0.3) is 43.8 Å². The van der Waals surface area contributed by atoms with E-state index in [0.717, 1.165) is 9.52 Å². The van der Waals surface area contributed by atoms with Gasteiger partial charge in [-0.1, -0.05) is 88.3 Å². The summed E-state index contributed by atoms with van der Waals surface area (Å²) >= 11 is 0. The topological polar surface area (TPSA) is 0 Å². The Morgan fingerprint density at radius 3 is 1.15 bits per heavy atom. The van der Waals surface area contributed by atoms with Crippen LogP contribution in [0.4, 0.5) is 0 Å². The second kappa shape index (κ2) is 16.3. The molecule has 6 rings (SSSR count). The summed E-state index contributed by atoms with van der Waals surface area (Å²) in [7, 11) is 1.08. The SMILES string of the molecule is C[Si]C.Cc1ccc(-c2cccc3[cH-]c(C(C)C)cc23)c(C)c1C.Cc1ccc(-c2cccc3[cH-]c(C(C)C)cc23)c(C)c1C.[Hf]. The van der Waals surface area contributed by atoms with Gasteiger partial charge < -0.3 is 0 Å². The van der Waals surface area contributed by atoms with Gasteiger partial charge in [-0.15, -0.1) is 69.1 Å². The average Bonchev–Trinajstić information content (AvgIpc) is 3.65. The first-order valence-electron chi connectivity index (χ1n) is 16.5. The summed E-state index contributed by atoms with van der Waals surface area (Å²) in [6.07, 6.45) is 0. The van der Waals surface area contributed by atoms with Gasteiger partial charge in [0.15, 0.2) is 0 Å². The molecule has 6 aromatic carbocycles. The van der Waals surface area contributed by atoms with Crippen molar-refractivity contribution >= 4 is 31.1 Å². The van der Waals surface area contributed by atoms with E-state index in [0.29, 0.717) is 11.8 Å². The van der Waals surface area contributed by atoms with Crippen LogP contribution in [0.3, 0.4) is 0 Å². The first kappa shape index (κ1) is 37.6. The van der Waals surface area contributed by atoms with E-state index in [1.165, 1.54) is 88.3 Å². The first-order valence-corrected chi connectivity index (χ1v) is 18.5. The van der Waals surface area contributed by atoms with E-state index in [9.17, 15) is 0 Å². The minimum atomic E-state index is 0. The molecule has 2 heteroatoms. The predicted octanol–water partition coefficient (Wildman–Crippen LogP) is 13.3. The Bertz CT molecular complexity index is 1770. The molecule has 0 spiro atoms. The molecule has 0 aliphatic heterocycles. The zero-order valence-corrected chi connectivity index (χ0v) is 34.8. The van der Waals surface area contributed by atoms with E-state index in [2.05, 4.69) is 167 Å². The molecule has 0 unspecified atom stereocenters. The van der Waals surface area contributed by atoms with Crippen molar-refractivity contribution in [3.8, 4) is 22.3 Å². The Balaban J connectivity index is 0.000000226. The average molecular weight is 787 g/mol. The molecule has 0 fully saturated rings. The summed E-state index contributed by atoms with van der Waals surface area (Å²) in [6.45, 7) is 26.6. The van der Waals surface area contributed by atoms with Gasteiger partial charge in [0.2, 0.25) is 0 Å². The van der Waals surface area contributed by atoms with Gasteiger partial charge in [0, 0.05) is 35.4 Å². The molecule has 238 valence electrons. The minimum Gasteiger partial charge on any atom is -0.164 e. The first-order chi connectivity index (χ1) is 21.4. The fourth-order valence-corrected chi connectivity index (χ4v) is 6.15. The van der Waals surface area contributed by atoms with Gasteiger partial charge in [0.25, 0.3) is 0 Å². The predicted molar refractivity (Wildman–Crippen MR) is 204 cm³/mol. The summed E-state index contributed by atoms with van der Waals surface area (Å²) in [5.74, 6) is 1.15. The van der Waals surface area contributed by atoms with Gasteiger partial charge in [0.05, 0.1) is 0 Å². The molecule has 0 saturated heterocycles. The molecule has 0 N–H and O–H groups in total. The largest absolute Gasteiger partial charge is 0.164 e.